The van der Waals surface area contributed by atoms with Gasteiger partial charge in [0.1, 0.15) is 5.76 Å². The Morgan fingerprint density at radius 3 is 2.53 bits per heavy atom. The first-order valence-corrected chi connectivity index (χ1v) is 11.4. The van der Waals surface area contributed by atoms with E-state index in [0.717, 1.165) is 19.3 Å². The van der Waals surface area contributed by atoms with Gasteiger partial charge in [-0.2, -0.15) is 0 Å². The Labute approximate surface area is 176 Å². The third kappa shape index (κ3) is 6.17. The molecule has 30 heavy (non-hydrogen) atoms. The first-order valence-electron chi connectivity index (χ1n) is 9.96. The van der Waals surface area contributed by atoms with E-state index in [-0.39, 0.29) is 29.5 Å². The van der Waals surface area contributed by atoms with Crippen molar-refractivity contribution >= 4 is 21.9 Å². The normalized spacial score (nSPS) is 13.8. The fourth-order valence-corrected chi connectivity index (χ4v) is 3.93. The highest BCUT2D eigenvalue weighted by Crippen LogP contribution is 2.29. The monoisotopic (exact) mass is 434 g/mol. The molecule has 1 aromatic heterocycles. The van der Waals surface area contributed by atoms with Crippen LogP contribution in [0.5, 0.6) is 0 Å². The molecule has 1 aliphatic carbocycles. The quantitative estimate of drug-likeness (QED) is 0.545. The Balaban J connectivity index is 1.53. The number of furan rings is 1. The molecule has 2 aromatic rings. The minimum Gasteiger partial charge on any atom is -0.468 e. The molecule has 1 heterocycles. The third-order valence-corrected chi connectivity index (χ3v) is 6.18. The predicted octanol–water partition coefficient (Wildman–Crippen LogP) is 2.56. The van der Waals surface area contributed by atoms with Gasteiger partial charge < -0.3 is 14.1 Å². The van der Waals surface area contributed by atoms with E-state index in [1.54, 1.807) is 17.0 Å². The average Bonchev–Trinajstić information content (AvgIpc) is 3.40. The SMILES string of the molecule is CCCN(CC1CC1)C(=O)COC(=O)c1ccc(S(=O)(=O)NCc2ccco2)cc1. The zero-order valence-corrected chi connectivity index (χ0v) is 17.7. The lowest BCUT2D eigenvalue weighted by atomic mass is 10.2. The second-order valence-corrected chi connectivity index (χ2v) is 9.05. The summed E-state index contributed by atoms with van der Waals surface area (Å²) in [7, 11) is -3.75. The van der Waals surface area contributed by atoms with Crippen LogP contribution in [-0.2, 0) is 26.1 Å². The lowest BCUT2D eigenvalue weighted by Gasteiger charge is -2.21. The molecule has 0 radical (unpaired) electrons. The van der Waals surface area contributed by atoms with Crippen molar-refractivity contribution in [3.8, 4) is 0 Å². The smallest absolute Gasteiger partial charge is 0.338 e. The van der Waals surface area contributed by atoms with Gasteiger partial charge in [0.15, 0.2) is 6.61 Å². The van der Waals surface area contributed by atoms with Crippen molar-refractivity contribution < 1.29 is 27.2 Å². The summed E-state index contributed by atoms with van der Waals surface area (Å²) in [5.74, 6) is 0.173. The second kappa shape index (κ2) is 9.90. The first-order chi connectivity index (χ1) is 14.4. The van der Waals surface area contributed by atoms with Crippen LogP contribution in [0.1, 0.15) is 42.3 Å². The van der Waals surface area contributed by atoms with Crippen LogP contribution in [0.25, 0.3) is 0 Å². The van der Waals surface area contributed by atoms with E-state index in [2.05, 4.69) is 4.72 Å². The number of hydrogen-bond acceptors (Lipinski definition) is 6. The number of benzene rings is 1. The number of rotatable bonds is 11. The number of esters is 1. The lowest BCUT2D eigenvalue weighted by Crippen LogP contribution is -2.36. The van der Waals surface area contributed by atoms with Crippen molar-refractivity contribution in [2.75, 3.05) is 19.7 Å². The van der Waals surface area contributed by atoms with E-state index >= 15 is 0 Å². The first kappa shape index (κ1) is 22.0. The number of nitrogens with one attached hydrogen (secondary N) is 1. The van der Waals surface area contributed by atoms with Crippen LogP contribution in [0.2, 0.25) is 0 Å². The van der Waals surface area contributed by atoms with Crippen molar-refractivity contribution in [2.45, 2.75) is 37.6 Å². The third-order valence-electron chi connectivity index (χ3n) is 4.77. The van der Waals surface area contributed by atoms with Crippen LogP contribution in [0, 0.1) is 5.92 Å². The van der Waals surface area contributed by atoms with Crippen LogP contribution in [0.15, 0.2) is 52.0 Å². The largest absolute Gasteiger partial charge is 0.468 e. The molecule has 1 amide bonds. The van der Waals surface area contributed by atoms with Gasteiger partial charge in [-0.3, -0.25) is 4.79 Å². The summed E-state index contributed by atoms with van der Waals surface area (Å²) in [4.78, 5) is 26.3. The Morgan fingerprint density at radius 1 is 1.20 bits per heavy atom. The molecule has 0 atom stereocenters. The summed E-state index contributed by atoms with van der Waals surface area (Å²) in [5, 5.41) is 0. The maximum Gasteiger partial charge on any atom is 0.338 e. The van der Waals surface area contributed by atoms with Gasteiger partial charge in [0.05, 0.1) is 23.3 Å². The Morgan fingerprint density at radius 2 is 1.93 bits per heavy atom. The van der Waals surface area contributed by atoms with E-state index in [4.69, 9.17) is 9.15 Å². The molecule has 0 aliphatic heterocycles. The lowest BCUT2D eigenvalue weighted by molar-refractivity contribution is -0.134. The van der Waals surface area contributed by atoms with Crippen LogP contribution in [0.4, 0.5) is 0 Å². The average molecular weight is 435 g/mol. The molecule has 0 bridgehead atoms. The molecule has 0 saturated heterocycles. The number of amides is 1. The van der Waals surface area contributed by atoms with Gasteiger partial charge in [0.2, 0.25) is 10.0 Å². The number of nitrogens with zero attached hydrogens (tertiary/aromatic N) is 1. The van der Waals surface area contributed by atoms with E-state index in [0.29, 0.717) is 24.8 Å². The van der Waals surface area contributed by atoms with Crippen LogP contribution in [-0.4, -0.2) is 44.9 Å². The number of ether oxygens (including phenoxy) is 1. The molecule has 1 fully saturated rings. The number of carbonyl (C=O) groups is 2. The molecule has 3 rings (SSSR count). The molecule has 0 spiro atoms. The predicted molar refractivity (Wildman–Crippen MR) is 109 cm³/mol. The fraction of sp³-hybridized carbons (Fsp3) is 0.429. The molecule has 9 heteroatoms. The van der Waals surface area contributed by atoms with Gasteiger partial charge in [-0.15, -0.1) is 0 Å². The highest BCUT2D eigenvalue weighted by Gasteiger charge is 2.27. The van der Waals surface area contributed by atoms with E-state index in [1.165, 1.54) is 30.5 Å². The Bertz CT molecular complexity index is 950. The molecule has 0 unspecified atom stereocenters. The summed E-state index contributed by atoms with van der Waals surface area (Å²) in [6.45, 7) is 3.05. The van der Waals surface area contributed by atoms with Crippen molar-refractivity contribution in [2.24, 2.45) is 5.92 Å². The van der Waals surface area contributed by atoms with E-state index in [1.807, 2.05) is 6.92 Å². The highest BCUT2D eigenvalue weighted by molar-refractivity contribution is 7.89. The summed E-state index contributed by atoms with van der Waals surface area (Å²) < 4.78 is 37.3. The minimum atomic E-state index is -3.75. The molecular weight excluding hydrogens is 408 g/mol. The van der Waals surface area contributed by atoms with Crippen LogP contribution < -0.4 is 4.72 Å². The molecule has 1 aromatic carbocycles. The molecule has 1 aliphatic rings. The molecule has 8 nitrogen and oxygen atoms in total. The van der Waals surface area contributed by atoms with Crippen LogP contribution in [0.3, 0.4) is 0 Å². The minimum absolute atomic E-state index is 0.0141. The number of hydrogen-bond donors (Lipinski definition) is 1. The van der Waals surface area contributed by atoms with Crippen molar-refractivity contribution in [1.29, 1.82) is 0 Å². The van der Waals surface area contributed by atoms with Crippen molar-refractivity contribution in [3.63, 3.8) is 0 Å². The topological polar surface area (TPSA) is 106 Å². The fourth-order valence-electron chi connectivity index (χ4n) is 2.93. The van der Waals surface area contributed by atoms with Crippen molar-refractivity contribution in [1.82, 2.24) is 9.62 Å². The Kier molecular flexibility index (Phi) is 7.28. The van der Waals surface area contributed by atoms with Gasteiger partial charge >= 0.3 is 5.97 Å². The maximum atomic E-state index is 12.3. The van der Waals surface area contributed by atoms with E-state index < -0.39 is 16.0 Å². The summed E-state index contributed by atoms with van der Waals surface area (Å²) in [5.41, 5.74) is 0.178. The second-order valence-electron chi connectivity index (χ2n) is 7.29. The Hall–Kier alpha value is -2.65. The number of sulfonamides is 1. The summed E-state index contributed by atoms with van der Waals surface area (Å²) >= 11 is 0. The van der Waals surface area contributed by atoms with E-state index in [9.17, 15) is 18.0 Å². The molecule has 162 valence electrons. The van der Waals surface area contributed by atoms with Gasteiger partial charge in [0, 0.05) is 13.1 Å². The van der Waals surface area contributed by atoms with Gasteiger partial charge in [-0.25, -0.2) is 17.9 Å². The zero-order valence-electron chi connectivity index (χ0n) is 16.9. The van der Waals surface area contributed by atoms with Gasteiger partial charge in [0.25, 0.3) is 5.91 Å². The van der Waals surface area contributed by atoms with Crippen LogP contribution >= 0.6 is 0 Å². The zero-order chi connectivity index (χ0) is 21.6. The standard InChI is InChI=1S/C21H26N2O6S/c1-2-11-23(14-16-5-6-16)20(24)15-29-21(25)17-7-9-19(10-8-17)30(26,27)22-13-18-4-3-12-28-18/h3-4,7-10,12,16,22H,2,5-6,11,13-15H2,1H3. The molecular formula is C21H26N2O6S. The van der Waals surface area contributed by atoms with Gasteiger partial charge in [-0.1, -0.05) is 6.92 Å². The molecule has 1 N–H and O–H groups in total. The van der Waals surface area contributed by atoms with Gasteiger partial charge in [-0.05, 0) is 61.6 Å². The number of carbonyl (C=O) groups excluding carboxylic acids is 2. The molecule has 1 saturated carbocycles. The summed E-state index contributed by atoms with van der Waals surface area (Å²) in [6.07, 6.45) is 4.58. The maximum absolute atomic E-state index is 12.3. The van der Waals surface area contributed by atoms with Crippen molar-refractivity contribution in [3.05, 3.63) is 54.0 Å². The summed E-state index contributed by atoms with van der Waals surface area (Å²) in [6, 6.07) is 8.70. The highest BCUT2D eigenvalue weighted by atomic mass is 32.2.